The summed E-state index contributed by atoms with van der Waals surface area (Å²) >= 11 is 0. The van der Waals surface area contributed by atoms with Gasteiger partial charge in [-0.15, -0.1) is 0 Å². The van der Waals surface area contributed by atoms with E-state index in [0.29, 0.717) is 42.3 Å². The molecule has 0 aromatic heterocycles. The van der Waals surface area contributed by atoms with E-state index in [9.17, 15) is 4.79 Å². The predicted octanol–water partition coefficient (Wildman–Crippen LogP) is 3.53. The molecular weight excluding hydrogens is 328 g/mol. The van der Waals surface area contributed by atoms with Crippen molar-refractivity contribution in [2.45, 2.75) is 12.8 Å². The van der Waals surface area contributed by atoms with Crippen LogP contribution in [0.3, 0.4) is 0 Å². The van der Waals surface area contributed by atoms with Gasteiger partial charge in [0.05, 0.1) is 0 Å². The van der Waals surface area contributed by atoms with Crippen LogP contribution in [0.5, 0.6) is 11.5 Å². The second-order valence-electron chi connectivity index (χ2n) is 8.59. The Hall–Kier alpha value is -2.23. The van der Waals surface area contributed by atoms with Crippen molar-refractivity contribution < 1.29 is 19.4 Å². The van der Waals surface area contributed by atoms with Gasteiger partial charge in [-0.1, -0.05) is 24.3 Å². The highest BCUT2D eigenvalue weighted by Gasteiger charge is 2.67. The molecule has 1 aromatic rings. The van der Waals surface area contributed by atoms with E-state index in [-0.39, 0.29) is 0 Å². The van der Waals surface area contributed by atoms with Gasteiger partial charge in [0.1, 0.15) is 0 Å². The number of carbonyl (C=O) groups is 1. The monoisotopic (exact) mass is 350 g/mol. The Kier molecular flexibility index (Phi) is 2.95. The molecule has 0 spiro atoms. The number of ether oxygens (including phenoxy) is 2. The topological polar surface area (TPSA) is 55.8 Å². The molecule has 8 unspecified atom stereocenters. The van der Waals surface area contributed by atoms with Gasteiger partial charge < -0.3 is 14.6 Å². The van der Waals surface area contributed by atoms with E-state index in [2.05, 4.69) is 24.3 Å². The summed E-state index contributed by atoms with van der Waals surface area (Å²) in [4.78, 5) is 11.0. The number of benzene rings is 1. The molecule has 0 amide bonds. The normalized spacial score (nSPS) is 43.1. The fraction of sp³-hybridized carbons (Fsp3) is 0.500. The number of allylic oxidation sites excluding steroid dienone is 3. The summed E-state index contributed by atoms with van der Waals surface area (Å²) < 4.78 is 11.0. The number of aliphatic carboxylic acids is 1. The van der Waals surface area contributed by atoms with E-state index in [0.717, 1.165) is 29.8 Å². The summed E-state index contributed by atoms with van der Waals surface area (Å²) in [7, 11) is 0. The summed E-state index contributed by atoms with van der Waals surface area (Å²) in [5, 5.41) is 9.06. The third kappa shape index (κ3) is 1.88. The minimum absolute atomic E-state index is 0.323. The summed E-state index contributed by atoms with van der Waals surface area (Å²) in [5.41, 5.74) is 1.34. The minimum Gasteiger partial charge on any atom is -0.478 e. The van der Waals surface area contributed by atoms with Gasteiger partial charge in [0.2, 0.25) is 6.79 Å². The zero-order valence-corrected chi connectivity index (χ0v) is 14.5. The molecule has 3 saturated carbocycles. The van der Waals surface area contributed by atoms with Crippen LogP contribution in [0.4, 0.5) is 0 Å². The van der Waals surface area contributed by atoms with E-state index in [1.807, 2.05) is 12.1 Å². The van der Waals surface area contributed by atoms with Crippen LogP contribution in [0.2, 0.25) is 0 Å². The molecule has 134 valence electrons. The molecule has 8 atom stereocenters. The molecule has 4 bridgehead atoms. The zero-order chi connectivity index (χ0) is 17.4. The summed E-state index contributed by atoms with van der Waals surface area (Å²) in [5.74, 6) is 6.21. The molecule has 3 fully saturated rings. The van der Waals surface area contributed by atoms with Gasteiger partial charge in [0.15, 0.2) is 11.5 Å². The van der Waals surface area contributed by atoms with Crippen LogP contribution in [-0.2, 0) is 11.2 Å². The molecule has 1 aliphatic heterocycles. The molecule has 6 aliphatic rings. The lowest BCUT2D eigenvalue weighted by Gasteiger charge is -2.59. The number of carboxylic acids is 1. The van der Waals surface area contributed by atoms with Crippen LogP contribution < -0.4 is 9.47 Å². The van der Waals surface area contributed by atoms with Gasteiger partial charge in [0, 0.05) is 6.08 Å². The number of rotatable bonds is 4. The predicted molar refractivity (Wildman–Crippen MR) is 94.7 cm³/mol. The third-order valence-corrected chi connectivity index (χ3v) is 7.77. The smallest absolute Gasteiger partial charge is 0.327 e. The van der Waals surface area contributed by atoms with Crippen molar-refractivity contribution >= 4 is 5.97 Å². The molecule has 4 nitrogen and oxygen atoms in total. The Morgan fingerprint density at radius 1 is 1.12 bits per heavy atom. The Labute approximate surface area is 152 Å². The molecule has 1 heterocycles. The van der Waals surface area contributed by atoms with Crippen molar-refractivity contribution in [1.82, 2.24) is 0 Å². The van der Waals surface area contributed by atoms with Crippen LogP contribution in [0, 0.1) is 47.3 Å². The van der Waals surface area contributed by atoms with Crippen LogP contribution in [0.15, 0.2) is 42.5 Å². The average molecular weight is 350 g/mol. The van der Waals surface area contributed by atoms with Gasteiger partial charge in [-0.3, -0.25) is 0 Å². The number of hydrogen-bond donors (Lipinski definition) is 1. The minimum atomic E-state index is -0.825. The average Bonchev–Trinajstić information content (AvgIpc) is 3.18. The highest BCUT2D eigenvalue weighted by molar-refractivity contribution is 5.79. The second kappa shape index (κ2) is 5.15. The van der Waals surface area contributed by atoms with Crippen LogP contribution >= 0.6 is 0 Å². The zero-order valence-electron chi connectivity index (χ0n) is 14.5. The quantitative estimate of drug-likeness (QED) is 0.667. The molecule has 0 radical (unpaired) electrons. The van der Waals surface area contributed by atoms with E-state index >= 15 is 0 Å². The first-order valence-electron chi connectivity index (χ1n) is 9.69. The molecule has 0 saturated heterocycles. The Morgan fingerprint density at radius 3 is 2.85 bits per heavy atom. The van der Waals surface area contributed by atoms with E-state index < -0.39 is 5.97 Å². The molecule has 1 aromatic carbocycles. The Bertz CT molecular complexity index is 841. The first-order valence-corrected chi connectivity index (χ1v) is 9.69. The lowest BCUT2D eigenvalue weighted by atomic mass is 9.45. The largest absolute Gasteiger partial charge is 0.478 e. The first-order chi connectivity index (χ1) is 12.7. The van der Waals surface area contributed by atoms with Gasteiger partial charge in [-0.2, -0.15) is 0 Å². The lowest BCUT2D eigenvalue weighted by Crippen LogP contribution is -2.55. The standard InChI is InChI=1S/C22H22O4/c23-20(24)6-4-12-13-2-3-14-15(12)9-17-16(21(13)22(14)17)7-11-1-5-18-19(8-11)26-10-25-18/h1-6,8,12-17,21-22H,7,9-10H2,(H,23,24)/b6-4+. The number of fused-ring (bicyclic) bond motifs is 1. The highest BCUT2D eigenvalue weighted by Crippen LogP contribution is 2.72. The van der Waals surface area contributed by atoms with Gasteiger partial charge in [-0.25, -0.2) is 4.79 Å². The second-order valence-corrected chi connectivity index (χ2v) is 8.59. The van der Waals surface area contributed by atoms with E-state index in [1.54, 1.807) is 0 Å². The SMILES string of the molecule is O=C(O)/C=C/C1C2C=CC3C1CC1C(Cc4ccc5c(c4)OCO5)C2C31. The van der Waals surface area contributed by atoms with Crippen molar-refractivity contribution in [3.8, 4) is 11.5 Å². The number of hydrogen-bond acceptors (Lipinski definition) is 3. The lowest BCUT2D eigenvalue weighted by molar-refractivity contribution is -0.131. The maximum Gasteiger partial charge on any atom is 0.327 e. The van der Waals surface area contributed by atoms with E-state index in [1.165, 1.54) is 18.1 Å². The van der Waals surface area contributed by atoms with Crippen molar-refractivity contribution in [1.29, 1.82) is 0 Å². The van der Waals surface area contributed by atoms with Gasteiger partial charge in [-0.05, 0) is 77.9 Å². The van der Waals surface area contributed by atoms with Crippen LogP contribution in [-0.4, -0.2) is 17.9 Å². The summed E-state index contributed by atoms with van der Waals surface area (Å²) in [6, 6.07) is 6.36. The molecule has 7 rings (SSSR count). The van der Waals surface area contributed by atoms with E-state index in [4.69, 9.17) is 14.6 Å². The molecule has 4 heteroatoms. The maximum absolute atomic E-state index is 11.0. The van der Waals surface area contributed by atoms with Gasteiger partial charge >= 0.3 is 5.97 Å². The highest BCUT2D eigenvalue weighted by atomic mass is 16.7. The third-order valence-electron chi connectivity index (χ3n) is 7.77. The summed E-state index contributed by atoms with van der Waals surface area (Å²) in [6.07, 6.45) is 10.6. The van der Waals surface area contributed by atoms with Crippen molar-refractivity contribution in [2.75, 3.05) is 6.79 Å². The fourth-order valence-corrected chi connectivity index (χ4v) is 7.00. The van der Waals surface area contributed by atoms with Crippen molar-refractivity contribution in [3.05, 3.63) is 48.1 Å². The summed E-state index contributed by atoms with van der Waals surface area (Å²) in [6.45, 7) is 0.323. The van der Waals surface area contributed by atoms with Crippen molar-refractivity contribution in [3.63, 3.8) is 0 Å². The van der Waals surface area contributed by atoms with Crippen LogP contribution in [0.1, 0.15) is 12.0 Å². The van der Waals surface area contributed by atoms with Crippen molar-refractivity contribution in [2.24, 2.45) is 47.3 Å². The fourth-order valence-electron chi connectivity index (χ4n) is 7.00. The molecule has 1 N–H and O–H groups in total. The van der Waals surface area contributed by atoms with Crippen LogP contribution in [0.25, 0.3) is 0 Å². The Balaban J connectivity index is 1.28. The number of carboxylic acid groups (broad SMARTS) is 1. The molecular formula is C22H22O4. The first kappa shape index (κ1) is 14.9. The molecule has 26 heavy (non-hydrogen) atoms. The van der Waals surface area contributed by atoms with Gasteiger partial charge in [0.25, 0.3) is 0 Å². The molecule has 5 aliphatic carbocycles. The maximum atomic E-state index is 11.0. The Morgan fingerprint density at radius 2 is 1.96 bits per heavy atom.